The number of hydrogen-bond donors (Lipinski definition) is 2. The molecular formula is C14H18BrNO3. The van der Waals surface area contributed by atoms with Crippen LogP contribution in [0.5, 0.6) is 0 Å². The molecule has 0 saturated heterocycles. The molecule has 0 aromatic heterocycles. The maximum Gasteiger partial charge on any atom is 0.325 e. The van der Waals surface area contributed by atoms with E-state index in [4.69, 9.17) is 5.11 Å². The van der Waals surface area contributed by atoms with Crippen LogP contribution in [-0.4, -0.2) is 23.0 Å². The molecule has 1 aromatic carbocycles. The third-order valence-corrected chi connectivity index (χ3v) is 3.79. The maximum absolute atomic E-state index is 12.0. The molecule has 0 saturated carbocycles. The van der Waals surface area contributed by atoms with Crippen molar-refractivity contribution in [1.29, 1.82) is 0 Å². The molecule has 2 unspecified atom stereocenters. The molecule has 1 aromatic rings. The molecule has 104 valence electrons. The second kappa shape index (κ2) is 7.28. The van der Waals surface area contributed by atoms with Crippen molar-refractivity contribution in [3.63, 3.8) is 0 Å². The summed E-state index contributed by atoms with van der Waals surface area (Å²) in [7, 11) is 0. The molecule has 4 nitrogen and oxygen atoms in total. The summed E-state index contributed by atoms with van der Waals surface area (Å²) in [5.74, 6) is -1.46. The number of benzene rings is 1. The fourth-order valence-electron chi connectivity index (χ4n) is 1.74. The average molecular weight is 328 g/mol. The highest BCUT2D eigenvalue weighted by molar-refractivity contribution is 9.10. The van der Waals surface area contributed by atoms with E-state index in [1.807, 2.05) is 31.2 Å². The van der Waals surface area contributed by atoms with Crippen molar-refractivity contribution in [1.82, 2.24) is 5.32 Å². The van der Waals surface area contributed by atoms with Crippen molar-refractivity contribution in [2.75, 3.05) is 0 Å². The van der Waals surface area contributed by atoms with Gasteiger partial charge in [0, 0.05) is 10.4 Å². The fraction of sp³-hybridized carbons (Fsp3) is 0.429. The van der Waals surface area contributed by atoms with Gasteiger partial charge in [-0.25, -0.2) is 0 Å². The van der Waals surface area contributed by atoms with Gasteiger partial charge < -0.3 is 10.4 Å². The molecule has 5 heteroatoms. The fourth-order valence-corrected chi connectivity index (χ4v) is 2.19. The average Bonchev–Trinajstić information content (AvgIpc) is 2.37. The van der Waals surface area contributed by atoms with Gasteiger partial charge in [-0.15, -0.1) is 0 Å². The first-order chi connectivity index (χ1) is 8.95. The van der Waals surface area contributed by atoms with Crippen molar-refractivity contribution < 1.29 is 14.7 Å². The van der Waals surface area contributed by atoms with Gasteiger partial charge >= 0.3 is 5.97 Å². The number of carboxylic acid groups (broad SMARTS) is 1. The van der Waals surface area contributed by atoms with E-state index in [1.54, 1.807) is 0 Å². The Morgan fingerprint density at radius 1 is 1.37 bits per heavy atom. The lowest BCUT2D eigenvalue weighted by Crippen LogP contribution is -2.42. The molecule has 0 heterocycles. The third kappa shape index (κ3) is 4.67. The van der Waals surface area contributed by atoms with Crippen LogP contribution < -0.4 is 5.32 Å². The number of halogens is 1. The summed E-state index contributed by atoms with van der Waals surface area (Å²) in [4.78, 5) is 22.8. The SMILES string of the molecule is CCC(Cc1ccccc1Br)C(=O)NC(C)C(=O)O. The van der Waals surface area contributed by atoms with Crippen LogP contribution in [0.2, 0.25) is 0 Å². The number of hydrogen-bond acceptors (Lipinski definition) is 2. The van der Waals surface area contributed by atoms with Gasteiger partial charge in [-0.2, -0.15) is 0 Å². The van der Waals surface area contributed by atoms with Gasteiger partial charge in [-0.1, -0.05) is 41.1 Å². The minimum absolute atomic E-state index is 0.215. The number of amides is 1. The van der Waals surface area contributed by atoms with E-state index in [0.717, 1.165) is 10.0 Å². The van der Waals surface area contributed by atoms with Crippen molar-refractivity contribution >= 4 is 27.8 Å². The number of carbonyl (C=O) groups excluding carboxylic acids is 1. The van der Waals surface area contributed by atoms with Crippen LogP contribution in [0.4, 0.5) is 0 Å². The monoisotopic (exact) mass is 327 g/mol. The Labute approximate surface area is 121 Å². The second-order valence-electron chi connectivity index (χ2n) is 4.47. The maximum atomic E-state index is 12.0. The molecule has 0 fully saturated rings. The zero-order chi connectivity index (χ0) is 14.4. The minimum Gasteiger partial charge on any atom is -0.480 e. The van der Waals surface area contributed by atoms with Crippen LogP contribution in [-0.2, 0) is 16.0 Å². The standard InChI is InChI=1S/C14H18BrNO3/c1-3-10(13(17)16-9(2)14(18)19)8-11-6-4-5-7-12(11)15/h4-7,9-10H,3,8H2,1-2H3,(H,16,17)(H,18,19). The zero-order valence-corrected chi connectivity index (χ0v) is 12.6. The Hall–Kier alpha value is -1.36. The highest BCUT2D eigenvalue weighted by Crippen LogP contribution is 2.21. The van der Waals surface area contributed by atoms with Crippen LogP contribution in [0.3, 0.4) is 0 Å². The summed E-state index contributed by atoms with van der Waals surface area (Å²) in [5, 5.41) is 11.3. The van der Waals surface area contributed by atoms with Crippen LogP contribution in [0.25, 0.3) is 0 Å². The van der Waals surface area contributed by atoms with Crippen LogP contribution in [0.15, 0.2) is 28.7 Å². The topological polar surface area (TPSA) is 66.4 Å². The molecule has 0 aliphatic rings. The summed E-state index contributed by atoms with van der Waals surface area (Å²) in [6.07, 6.45) is 1.26. The van der Waals surface area contributed by atoms with Crippen molar-refractivity contribution in [3.05, 3.63) is 34.3 Å². The smallest absolute Gasteiger partial charge is 0.325 e. The first-order valence-electron chi connectivity index (χ1n) is 6.22. The Morgan fingerprint density at radius 2 is 2.00 bits per heavy atom. The highest BCUT2D eigenvalue weighted by atomic mass is 79.9. The number of aliphatic carboxylic acids is 1. The molecule has 1 rings (SSSR count). The van der Waals surface area contributed by atoms with Gasteiger partial charge in [-0.05, 0) is 31.4 Å². The van der Waals surface area contributed by atoms with Crippen LogP contribution in [0.1, 0.15) is 25.8 Å². The summed E-state index contributed by atoms with van der Waals surface area (Å²) in [6.45, 7) is 3.39. The van der Waals surface area contributed by atoms with Crippen molar-refractivity contribution in [2.24, 2.45) is 5.92 Å². The van der Waals surface area contributed by atoms with Gasteiger partial charge in [0.25, 0.3) is 0 Å². The predicted molar refractivity (Wildman–Crippen MR) is 76.9 cm³/mol. The molecule has 2 N–H and O–H groups in total. The molecule has 0 radical (unpaired) electrons. The lowest BCUT2D eigenvalue weighted by Gasteiger charge is -2.17. The van der Waals surface area contributed by atoms with Gasteiger partial charge in [-0.3, -0.25) is 9.59 Å². The summed E-state index contributed by atoms with van der Waals surface area (Å²) in [5.41, 5.74) is 1.05. The molecular weight excluding hydrogens is 310 g/mol. The van der Waals surface area contributed by atoms with E-state index in [9.17, 15) is 9.59 Å². The molecule has 0 bridgehead atoms. The van der Waals surface area contributed by atoms with E-state index in [-0.39, 0.29) is 11.8 Å². The van der Waals surface area contributed by atoms with E-state index < -0.39 is 12.0 Å². The van der Waals surface area contributed by atoms with E-state index in [2.05, 4.69) is 21.2 Å². The molecule has 0 spiro atoms. The lowest BCUT2D eigenvalue weighted by molar-refractivity contribution is -0.141. The largest absolute Gasteiger partial charge is 0.480 e. The summed E-state index contributed by atoms with van der Waals surface area (Å²) >= 11 is 3.45. The Morgan fingerprint density at radius 3 is 2.53 bits per heavy atom. The Kier molecular flexibility index (Phi) is 6.02. The number of carbonyl (C=O) groups is 2. The summed E-state index contributed by atoms with van der Waals surface area (Å²) < 4.78 is 0.965. The normalized spacial score (nSPS) is 13.6. The molecule has 1 amide bonds. The molecule has 2 atom stereocenters. The van der Waals surface area contributed by atoms with E-state index in [0.29, 0.717) is 12.8 Å². The van der Waals surface area contributed by atoms with Crippen LogP contribution >= 0.6 is 15.9 Å². The quantitative estimate of drug-likeness (QED) is 0.844. The summed E-state index contributed by atoms with van der Waals surface area (Å²) in [6, 6.07) is 6.87. The van der Waals surface area contributed by atoms with E-state index in [1.165, 1.54) is 6.92 Å². The Balaban J connectivity index is 2.71. The molecule has 19 heavy (non-hydrogen) atoms. The third-order valence-electron chi connectivity index (χ3n) is 3.02. The van der Waals surface area contributed by atoms with Gasteiger partial charge in [0.05, 0.1) is 0 Å². The minimum atomic E-state index is -1.02. The second-order valence-corrected chi connectivity index (χ2v) is 5.32. The lowest BCUT2D eigenvalue weighted by atomic mass is 9.96. The van der Waals surface area contributed by atoms with Crippen molar-refractivity contribution in [3.8, 4) is 0 Å². The number of nitrogens with one attached hydrogen (secondary N) is 1. The number of carboxylic acids is 1. The van der Waals surface area contributed by atoms with Gasteiger partial charge in [0.15, 0.2) is 0 Å². The first-order valence-corrected chi connectivity index (χ1v) is 7.01. The van der Waals surface area contributed by atoms with Crippen molar-refractivity contribution in [2.45, 2.75) is 32.7 Å². The highest BCUT2D eigenvalue weighted by Gasteiger charge is 2.21. The Bertz CT molecular complexity index is 462. The predicted octanol–water partition coefficient (Wildman–Crippen LogP) is 2.61. The first kappa shape index (κ1) is 15.7. The van der Waals surface area contributed by atoms with Gasteiger partial charge in [0.2, 0.25) is 5.91 Å². The zero-order valence-electron chi connectivity index (χ0n) is 11.0. The molecule has 0 aliphatic heterocycles. The molecule has 0 aliphatic carbocycles. The van der Waals surface area contributed by atoms with Gasteiger partial charge in [0.1, 0.15) is 6.04 Å². The number of rotatable bonds is 6. The van der Waals surface area contributed by atoms with E-state index >= 15 is 0 Å². The van der Waals surface area contributed by atoms with Crippen LogP contribution in [0, 0.1) is 5.92 Å².